The van der Waals surface area contributed by atoms with Crippen LogP contribution in [-0.2, 0) is 14.8 Å². The number of hydrogen-bond acceptors (Lipinski definition) is 4. The lowest BCUT2D eigenvalue weighted by atomic mass is 9.99. The summed E-state index contributed by atoms with van der Waals surface area (Å²) in [6.07, 6.45) is 3.56. The molecule has 0 fully saturated rings. The molecule has 0 saturated carbocycles. The maximum Gasteiger partial charge on any atom is 0.410 e. The van der Waals surface area contributed by atoms with E-state index in [1.807, 2.05) is 39.0 Å². The summed E-state index contributed by atoms with van der Waals surface area (Å²) in [5.74, 6) is 0. The van der Waals surface area contributed by atoms with Crippen LogP contribution < -0.4 is 4.72 Å². The minimum atomic E-state index is -3.27. The van der Waals surface area contributed by atoms with E-state index in [1.165, 1.54) is 0 Å². The first-order valence-electron chi connectivity index (χ1n) is 7.79. The number of anilines is 1. The Bertz CT molecular complexity index is 731. The lowest BCUT2D eigenvalue weighted by Gasteiger charge is -2.29. The predicted octanol–water partition coefficient (Wildman–Crippen LogP) is 3.08. The van der Waals surface area contributed by atoms with E-state index in [0.717, 1.165) is 23.8 Å². The van der Waals surface area contributed by atoms with Crippen LogP contribution in [0.3, 0.4) is 0 Å². The molecule has 0 spiro atoms. The predicted molar refractivity (Wildman–Crippen MR) is 95.3 cm³/mol. The molecule has 1 aliphatic rings. The number of nitrogens with zero attached hydrogens (tertiary/aromatic N) is 1. The van der Waals surface area contributed by atoms with Crippen molar-refractivity contribution >= 4 is 27.4 Å². The lowest BCUT2D eigenvalue weighted by molar-refractivity contribution is 0.0270. The highest BCUT2D eigenvalue weighted by atomic mass is 32.2. The fourth-order valence-corrected chi connectivity index (χ4v) is 2.95. The zero-order valence-corrected chi connectivity index (χ0v) is 15.3. The summed E-state index contributed by atoms with van der Waals surface area (Å²) < 4.78 is 30.2. The van der Waals surface area contributed by atoms with E-state index in [4.69, 9.17) is 4.74 Å². The molecular weight excluding hydrogens is 328 g/mol. The smallest absolute Gasteiger partial charge is 0.410 e. The third kappa shape index (κ3) is 5.56. The van der Waals surface area contributed by atoms with Gasteiger partial charge in [0.2, 0.25) is 10.0 Å². The zero-order chi connectivity index (χ0) is 18.0. The normalized spacial score (nSPS) is 15.7. The Kier molecular flexibility index (Phi) is 5.22. The topological polar surface area (TPSA) is 75.7 Å². The molecule has 1 aromatic rings. The molecule has 1 aliphatic heterocycles. The van der Waals surface area contributed by atoms with Crippen molar-refractivity contribution < 1.29 is 17.9 Å². The van der Waals surface area contributed by atoms with Gasteiger partial charge in [0, 0.05) is 18.8 Å². The molecule has 0 atom stereocenters. The van der Waals surface area contributed by atoms with E-state index in [2.05, 4.69) is 4.72 Å². The standard InChI is InChI=1S/C17H24N2O4S/c1-17(2,3)23-16(20)19-11-9-14(10-12-19)13-5-7-15(8-6-13)18-24(4,21)22/h5-9,18H,10-12H2,1-4H3. The van der Waals surface area contributed by atoms with Gasteiger partial charge in [-0.2, -0.15) is 0 Å². The monoisotopic (exact) mass is 352 g/mol. The highest BCUT2D eigenvalue weighted by Gasteiger charge is 2.23. The summed E-state index contributed by atoms with van der Waals surface area (Å²) in [7, 11) is -3.27. The van der Waals surface area contributed by atoms with Crippen molar-refractivity contribution in [2.24, 2.45) is 0 Å². The van der Waals surface area contributed by atoms with E-state index in [-0.39, 0.29) is 6.09 Å². The Morgan fingerprint density at radius 2 is 1.83 bits per heavy atom. The molecule has 1 amide bonds. The summed E-state index contributed by atoms with van der Waals surface area (Å²) in [4.78, 5) is 13.7. The highest BCUT2D eigenvalue weighted by Crippen LogP contribution is 2.24. The average molecular weight is 352 g/mol. The second kappa shape index (κ2) is 6.84. The van der Waals surface area contributed by atoms with Crippen LogP contribution in [0.1, 0.15) is 32.8 Å². The highest BCUT2D eigenvalue weighted by molar-refractivity contribution is 7.92. The first kappa shape index (κ1) is 18.3. The van der Waals surface area contributed by atoms with E-state index >= 15 is 0 Å². The van der Waals surface area contributed by atoms with Gasteiger partial charge < -0.3 is 9.64 Å². The van der Waals surface area contributed by atoms with E-state index < -0.39 is 15.6 Å². The number of nitrogens with one attached hydrogen (secondary N) is 1. The number of benzene rings is 1. The molecule has 2 rings (SSSR count). The zero-order valence-electron chi connectivity index (χ0n) is 14.5. The molecule has 0 aromatic heterocycles. The number of carbonyl (C=O) groups excluding carboxylic acids is 1. The van der Waals surface area contributed by atoms with Crippen molar-refractivity contribution in [3.8, 4) is 0 Å². The van der Waals surface area contributed by atoms with Crippen LogP contribution in [0.4, 0.5) is 10.5 Å². The maximum absolute atomic E-state index is 12.0. The van der Waals surface area contributed by atoms with Gasteiger partial charge in [-0.3, -0.25) is 4.72 Å². The third-order valence-electron chi connectivity index (χ3n) is 3.42. The minimum absolute atomic E-state index is 0.300. The van der Waals surface area contributed by atoms with Crippen LogP contribution in [-0.4, -0.2) is 44.4 Å². The molecule has 132 valence electrons. The van der Waals surface area contributed by atoms with Crippen molar-refractivity contribution in [1.29, 1.82) is 0 Å². The quantitative estimate of drug-likeness (QED) is 0.907. The first-order valence-corrected chi connectivity index (χ1v) is 9.68. The molecule has 7 heteroatoms. The molecular formula is C17H24N2O4S. The molecule has 0 bridgehead atoms. The Balaban J connectivity index is 2.01. The van der Waals surface area contributed by atoms with Gasteiger partial charge in [-0.25, -0.2) is 13.2 Å². The Hall–Kier alpha value is -2.02. The molecule has 0 saturated heterocycles. The Morgan fingerprint density at radius 3 is 2.29 bits per heavy atom. The molecule has 1 N–H and O–H groups in total. The first-order chi connectivity index (χ1) is 11.0. The van der Waals surface area contributed by atoms with Gasteiger partial charge >= 0.3 is 6.09 Å². The van der Waals surface area contributed by atoms with Crippen molar-refractivity contribution in [3.63, 3.8) is 0 Å². The van der Waals surface area contributed by atoms with Gasteiger partial charge in [0.05, 0.1) is 6.26 Å². The second-order valence-corrected chi connectivity index (χ2v) is 8.61. The SMILES string of the molecule is CC(C)(C)OC(=O)N1CC=C(c2ccc(NS(C)(=O)=O)cc2)CC1. The van der Waals surface area contributed by atoms with Crippen LogP contribution in [0.15, 0.2) is 30.3 Å². The van der Waals surface area contributed by atoms with E-state index in [0.29, 0.717) is 18.8 Å². The van der Waals surface area contributed by atoms with E-state index in [1.54, 1.807) is 17.0 Å². The van der Waals surface area contributed by atoms with Gasteiger partial charge in [-0.15, -0.1) is 0 Å². The minimum Gasteiger partial charge on any atom is -0.444 e. The van der Waals surface area contributed by atoms with Crippen molar-refractivity contribution in [2.75, 3.05) is 24.1 Å². The van der Waals surface area contributed by atoms with Crippen LogP contribution in [0, 0.1) is 0 Å². The van der Waals surface area contributed by atoms with E-state index in [9.17, 15) is 13.2 Å². The number of sulfonamides is 1. The number of rotatable bonds is 3. The lowest BCUT2D eigenvalue weighted by Crippen LogP contribution is -2.39. The largest absolute Gasteiger partial charge is 0.444 e. The average Bonchev–Trinajstić information content (AvgIpc) is 2.45. The summed E-state index contributed by atoms with van der Waals surface area (Å²) in [6, 6.07) is 7.22. The van der Waals surface area contributed by atoms with Crippen LogP contribution in [0.25, 0.3) is 5.57 Å². The van der Waals surface area contributed by atoms with Crippen molar-refractivity contribution in [1.82, 2.24) is 4.90 Å². The summed E-state index contributed by atoms with van der Waals surface area (Å²) in [5, 5.41) is 0. The molecule has 24 heavy (non-hydrogen) atoms. The molecule has 1 aromatic carbocycles. The number of ether oxygens (including phenoxy) is 1. The summed E-state index contributed by atoms with van der Waals surface area (Å²) >= 11 is 0. The Labute approximate surface area is 143 Å². The molecule has 0 radical (unpaired) electrons. The molecule has 6 nitrogen and oxygen atoms in total. The summed E-state index contributed by atoms with van der Waals surface area (Å²) in [5.41, 5.74) is 2.20. The number of carbonyl (C=O) groups is 1. The van der Waals surface area contributed by atoms with Crippen LogP contribution in [0.2, 0.25) is 0 Å². The van der Waals surface area contributed by atoms with Crippen LogP contribution >= 0.6 is 0 Å². The van der Waals surface area contributed by atoms with Crippen LogP contribution in [0.5, 0.6) is 0 Å². The molecule has 0 unspecified atom stereocenters. The number of amides is 1. The molecule has 0 aliphatic carbocycles. The van der Waals surface area contributed by atoms with Crippen molar-refractivity contribution in [2.45, 2.75) is 32.8 Å². The van der Waals surface area contributed by atoms with Crippen molar-refractivity contribution in [3.05, 3.63) is 35.9 Å². The third-order valence-corrected chi connectivity index (χ3v) is 4.03. The van der Waals surface area contributed by atoms with Gasteiger partial charge in [0.15, 0.2) is 0 Å². The fourth-order valence-electron chi connectivity index (χ4n) is 2.39. The Morgan fingerprint density at radius 1 is 1.21 bits per heavy atom. The maximum atomic E-state index is 12.0. The van der Waals surface area contributed by atoms with Gasteiger partial charge in [0.1, 0.15) is 5.60 Å². The van der Waals surface area contributed by atoms with Gasteiger partial charge in [-0.1, -0.05) is 18.2 Å². The fraction of sp³-hybridized carbons (Fsp3) is 0.471. The second-order valence-electron chi connectivity index (χ2n) is 6.86. The summed E-state index contributed by atoms with van der Waals surface area (Å²) in [6.45, 7) is 6.66. The number of hydrogen-bond donors (Lipinski definition) is 1. The van der Waals surface area contributed by atoms with Gasteiger partial charge in [0.25, 0.3) is 0 Å². The van der Waals surface area contributed by atoms with Gasteiger partial charge in [-0.05, 0) is 50.5 Å². The molecule has 1 heterocycles.